The van der Waals surface area contributed by atoms with E-state index in [1.165, 1.54) is 32.5 Å². The maximum absolute atomic E-state index is 9.81. The van der Waals surface area contributed by atoms with E-state index in [2.05, 4.69) is 22.0 Å². The van der Waals surface area contributed by atoms with Gasteiger partial charge in [0, 0.05) is 37.4 Å². The number of nitrogens with zero attached hydrogens (tertiary/aromatic N) is 2. The number of nitrogens with two attached hydrogens (primary N) is 1. The molecule has 0 aromatic rings. The minimum absolute atomic E-state index is 0.101. The summed E-state index contributed by atoms with van der Waals surface area (Å²) in [6.07, 6.45) is 12.0. The fourth-order valence-electron chi connectivity index (χ4n) is 3.79. The summed E-state index contributed by atoms with van der Waals surface area (Å²) in [5.74, 6) is 0. The first-order valence-electron chi connectivity index (χ1n) is 8.02. The molecule has 0 aromatic carbocycles. The molecule has 0 aromatic heterocycles. The highest BCUT2D eigenvalue weighted by atomic mass is 16.3. The minimum Gasteiger partial charge on any atom is -0.399 e. The van der Waals surface area contributed by atoms with Crippen LogP contribution < -0.4 is 5.73 Å². The molecule has 4 nitrogen and oxygen atoms in total. The summed E-state index contributed by atoms with van der Waals surface area (Å²) < 4.78 is 0. The van der Waals surface area contributed by atoms with Crippen molar-refractivity contribution in [3.05, 3.63) is 23.9 Å². The molecule has 2 unspecified atom stereocenters. The van der Waals surface area contributed by atoms with E-state index in [0.29, 0.717) is 12.1 Å². The van der Waals surface area contributed by atoms with Crippen molar-refractivity contribution in [2.24, 2.45) is 5.73 Å². The van der Waals surface area contributed by atoms with Gasteiger partial charge < -0.3 is 10.8 Å². The molecule has 1 aliphatic carbocycles. The van der Waals surface area contributed by atoms with Gasteiger partial charge in [0.1, 0.15) is 0 Å². The lowest BCUT2D eigenvalue weighted by molar-refractivity contribution is 0.0220. The standard InChI is InChI=1S/C16H27N3O/c17-13-3-5-14(6-4-13)18-10-7-15(8-11-18)19-9-1-2-16(20)12-19/h3-5,14-16,20H,1-2,6-12,17H2. The van der Waals surface area contributed by atoms with Gasteiger partial charge in [-0.05, 0) is 44.7 Å². The first-order valence-corrected chi connectivity index (χ1v) is 8.02. The quantitative estimate of drug-likeness (QED) is 0.793. The maximum Gasteiger partial charge on any atom is 0.0667 e. The number of aliphatic hydroxyl groups is 1. The number of rotatable bonds is 2. The zero-order valence-corrected chi connectivity index (χ0v) is 12.2. The Morgan fingerprint density at radius 3 is 2.55 bits per heavy atom. The molecule has 112 valence electrons. The Labute approximate surface area is 121 Å². The normalized spacial score (nSPS) is 34.1. The fourth-order valence-corrected chi connectivity index (χ4v) is 3.79. The van der Waals surface area contributed by atoms with E-state index in [0.717, 1.165) is 31.5 Å². The Hall–Kier alpha value is -0.840. The first kappa shape index (κ1) is 14.1. The topological polar surface area (TPSA) is 52.7 Å². The molecule has 0 amide bonds. The minimum atomic E-state index is -0.101. The summed E-state index contributed by atoms with van der Waals surface area (Å²) in [5, 5.41) is 9.81. The second-order valence-electron chi connectivity index (χ2n) is 6.42. The lowest BCUT2D eigenvalue weighted by Crippen LogP contribution is -2.51. The van der Waals surface area contributed by atoms with E-state index in [-0.39, 0.29) is 6.10 Å². The van der Waals surface area contributed by atoms with Gasteiger partial charge in [-0.3, -0.25) is 9.80 Å². The number of β-amino-alcohol motifs (C(OH)–C–C–N with tert-alkyl or cyclic N) is 1. The van der Waals surface area contributed by atoms with Crippen molar-refractivity contribution in [3.8, 4) is 0 Å². The van der Waals surface area contributed by atoms with Gasteiger partial charge >= 0.3 is 0 Å². The van der Waals surface area contributed by atoms with E-state index in [4.69, 9.17) is 5.73 Å². The van der Waals surface area contributed by atoms with Gasteiger partial charge in [0.2, 0.25) is 0 Å². The molecule has 3 rings (SSSR count). The fraction of sp³-hybridized carbons (Fsp3) is 0.750. The predicted molar refractivity (Wildman–Crippen MR) is 81.2 cm³/mol. The summed E-state index contributed by atoms with van der Waals surface area (Å²) in [5.41, 5.74) is 6.69. The Morgan fingerprint density at radius 1 is 1.10 bits per heavy atom. The number of hydrogen-bond donors (Lipinski definition) is 2. The molecule has 2 aliphatic heterocycles. The summed E-state index contributed by atoms with van der Waals surface area (Å²) in [6.45, 7) is 4.39. The Kier molecular flexibility index (Phi) is 4.44. The average molecular weight is 277 g/mol. The molecular formula is C16H27N3O. The molecule has 0 radical (unpaired) electrons. The van der Waals surface area contributed by atoms with Crippen LogP contribution in [0.3, 0.4) is 0 Å². The highest BCUT2D eigenvalue weighted by Crippen LogP contribution is 2.24. The maximum atomic E-state index is 9.81. The molecule has 4 heteroatoms. The van der Waals surface area contributed by atoms with E-state index < -0.39 is 0 Å². The van der Waals surface area contributed by atoms with Crippen molar-refractivity contribution in [1.29, 1.82) is 0 Å². The van der Waals surface area contributed by atoms with Crippen molar-refractivity contribution >= 4 is 0 Å². The predicted octanol–water partition coefficient (Wildman–Crippen LogP) is 1.08. The summed E-state index contributed by atoms with van der Waals surface area (Å²) in [7, 11) is 0. The smallest absolute Gasteiger partial charge is 0.0667 e. The number of likely N-dealkylation sites (tertiary alicyclic amines) is 2. The average Bonchev–Trinajstić information content (AvgIpc) is 2.48. The molecule has 20 heavy (non-hydrogen) atoms. The van der Waals surface area contributed by atoms with Crippen molar-refractivity contribution < 1.29 is 5.11 Å². The van der Waals surface area contributed by atoms with Gasteiger partial charge in [-0.1, -0.05) is 12.2 Å². The Balaban J connectivity index is 1.48. The number of aliphatic hydroxyl groups excluding tert-OH is 1. The first-order chi connectivity index (χ1) is 9.72. The molecule has 0 bridgehead atoms. The third-order valence-electron chi connectivity index (χ3n) is 5.02. The van der Waals surface area contributed by atoms with Crippen LogP contribution in [0, 0.1) is 0 Å². The zero-order chi connectivity index (χ0) is 13.9. The number of hydrogen-bond acceptors (Lipinski definition) is 4. The molecule has 0 saturated carbocycles. The van der Waals surface area contributed by atoms with Gasteiger partial charge in [-0.2, -0.15) is 0 Å². The van der Waals surface area contributed by atoms with Crippen LogP contribution in [0.15, 0.2) is 23.9 Å². The van der Waals surface area contributed by atoms with Crippen LogP contribution in [0.1, 0.15) is 32.1 Å². The third kappa shape index (κ3) is 3.25. The highest BCUT2D eigenvalue weighted by molar-refractivity contribution is 5.22. The monoisotopic (exact) mass is 277 g/mol. The zero-order valence-electron chi connectivity index (χ0n) is 12.2. The molecule has 3 aliphatic rings. The Morgan fingerprint density at radius 2 is 1.90 bits per heavy atom. The van der Waals surface area contributed by atoms with Gasteiger partial charge in [-0.15, -0.1) is 0 Å². The van der Waals surface area contributed by atoms with Gasteiger partial charge in [0.15, 0.2) is 0 Å². The molecule has 2 heterocycles. The number of allylic oxidation sites excluding steroid dienone is 1. The second-order valence-corrected chi connectivity index (χ2v) is 6.42. The van der Waals surface area contributed by atoms with Crippen LogP contribution >= 0.6 is 0 Å². The van der Waals surface area contributed by atoms with Crippen LogP contribution in [0.2, 0.25) is 0 Å². The summed E-state index contributed by atoms with van der Waals surface area (Å²) in [4.78, 5) is 5.09. The Bertz CT molecular complexity index is 385. The summed E-state index contributed by atoms with van der Waals surface area (Å²) in [6, 6.07) is 1.21. The van der Waals surface area contributed by atoms with Crippen molar-refractivity contribution in [3.63, 3.8) is 0 Å². The third-order valence-corrected chi connectivity index (χ3v) is 5.02. The SMILES string of the molecule is NC1=CCC(N2CCC(N3CCCC(O)C3)CC2)C=C1. The second kappa shape index (κ2) is 6.29. The van der Waals surface area contributed by atoms with Crippen LogP contribution in [-0.4, -0.2) is 59.3 Å². The van der Waals surface area contributed by atoms with E-state index in [9.17, 15) is 5.11 Å². The molecule has 0 spiro atoms. The van der Waals surface area contributed by atoms with E-state index >= 15 is 0 Å². The van der Waals surface area contributed by atoms with E-state index in [1.807, 2.05) is 6.08 Å². The van der Waals surface area contributed by atoms with Crippen molar-refractivity contribution in [2.75, 3.05) is 26.2 Å². The van der Waals surface area contributed by atoms with Gasteiger partial charge in [0.25, 0.3) is 0 Å². The van der Waals surface area contributed by atoms with Crippen LogP contribution in [-0.2, 0) is 0 Å². The largest absolute Gasteiger partial charge is 0.399 e. The van der Waals surface area contributed by atoms with Crippen molar-refractivity contribution in [1.82, 2.24) is 9.80 Å². The molecule has 2 saturated heterocycles. The number of piperidine rings is 2. The molecular weight excluding hydrogens is 250 g/mol. The summed E-state index contributed by atoms with van der Waals surface area (Å²) >= 11 is 0. The molecule has 2 fully saturated rings. The van der Waals surface area contributed by atoms with Crippen LogP contribution in [0.25, 0.3) is 0 Å². The van der Waals surface area contributed by atoms with Crippen molar-refractivity contribution in [2.45, 2.75) is 50.3 Å². The van der Waals surface area contributed by atoms with Gasteiger partial charge in [-0.25, -0.2) is 0 Å². The lowest BCUT2D eigenvalue weighted by Gasteiger charge is -2.43. The lowest BCUT2D eigenvalue weighted by atomic mass is 9.96. The molecule has 2 atom stereocenters. The van der Waals surface area contributed by atoms with E-state index in [1.54, 1.807) is 0 Å². The molecule has 3 N–H and O–H groups in total. The highest BCUT2D eigenvalue weighted by Gasteiger charge is 2.29. The van der Waals surface area contributed by atoms with Crippen LogP contribution in [0.4, 0.5) is 0 Å². The van der Waals surface area contributed by atoms with Crippen LogP contribution in [0.5, 0.6) is 0 Å². The van der Waals surface area contributed by atoms with Gasteiger partial charge in [0.05, 0.1) is 6.10 Å².